The Morgan fingerprint density at radius 2 is 1.86 bits per heavy atom. The van der Waals surface area contributed by atoms with Gasteiger partial charge in [0, 0.05) is 16.7 Å². The van der Waals surface area contributed by atoms with Crippen molar-refractivity contribution in [2.45, 2.75) is 31.2 Å². The van der Waals surface area contributed by atoms with Gasteiger partial charge >= 0.3 is 0 Å². The van der Waals surface area contributed by atoms with Crippen molar-refractivity contribution in [2.75, 3.05) is 5.75 Å². The molecule has 1 atom stereocenters. The van der Waals surface area contributed by atoms with Crippen molar-refractivity contribution in [3.05, 3.63) is 65.0 Å². The number of thioether (sulfide) groups is 1. The zero-order valence-corrected chi connectivity index (χ0v) is 13.2. The maximum absolute atomic E-state index is 12.9. The average Bonchev–Trinajstić information content (AvgIpc) is 2.48. The Balaban J connectivity index is 1.96. The van der Waals surface area contributed by atoms with Gasteiger partial charge in [0.05, 0.1) is 0 Å². The third-order valence-electron chi connectivity index (χ3n) is 3.47. The summed E-state index contributed by atoms with van der Waals surface area (Å²) in [6.45, 7) is 4.22. The number of nitrogens with one attached hydrogen (secondary N) is 1. The van der Waals surface area contributed by atoms with E-state index in [1.54, 1.807) is 23.9 Å². The van der Waals surface area contributed by atoms with E-state index in [2.05, 4.69) is 37.5 Å². The van der Waals surface area contributed by atoms with Gasteiger partial charge in [-0.25, -0.2) is 4.39 Å². The second kappa shape index (κ2) is 7.59. The maximum atomic E-state index is 12.9. The second-order valence-corrected chi connectivity index (χ2v) is 6.36. The highest BCUT2D eigenvalue weighted by Gasteiger charge is 2.10. The van der Waals surface area contributed by atoms with Gasteiger partial charge in [-0.15, -0.1) is 11.8 Å². The lowest BCUT2D eigenvalue weighted by molar-refractivity contribution is 0.574. The predicted octanol–water partition coefficient (Wildman–Crippen LogP) is 3.61. The minimum atomic E-state index is -0.205. The van der Waals surface area contributed by atoms with Gasteiger partial charge in [-0.1, -0.05) is 23.8 Å². The molecule has 3 N–H and O–H groups in total. The number of halogens is 1. The fourth-order valence-electron chi connectivity index (χ4n) is 2.18. The van der Waals surface area contributed by atoms with Crippen LogP contribution in [0.25, 0.3) is 0 Å². The monoisotopic (exact) mass is 304 g/mol. The first-order valence-corrected chi connectivity index (χ1v) is 7.97. The first-order valence-electron chi connectivity index (χ1n) is 6.99. The quantitative estimate of drug-likeness (QED) is 0.486. The maximum Gasteiger partial charge on any atom is 0.123 e. The van der Waals surface area contributed by atoms with Crippen LogP contribution < -0.4 is 11.3 Å². The van der Waals surface area contributed by atoms with E-state index in [1.165, 1.54) is 28.8 Å². The zero-order chi connectivity index (χ0) is 15.2. The van der Waals surface area contributed by atoms with Crippen LogP contribution in [-0.4, -0.2) is 11.8 Å². The predicted molar refractivity (Wildman–Crippen MR) is 87.9 cm³/mol. The fourth-order valence-corrected chi connectivity index (χ4v) is 3.12. The van der Waals surface area contributed by atoms with Gasteiger partial charge in [0.1, 0.15) is 5.82 Å². The number of hydrazine groups is 1. The van der Waals surface area contributed by atoms with E-state index in [-0.39, 0.29) is 11.9 Å². The Kier molecular flexibility index (Phi) is 5.79. The molecule has 2 aromatic carbocycles. The molecule has 0 aliphatic heterocycles. The third-order valence-corrected chi connectivity index (χ3v) is 4.65. The highest BCUT2D eigenvalue weighted by molar-refractivity contribution is 7.99. The van der Waals surface area contributed by atoms with Crippen LogP contribution in [0.1, 0.15) is 16.7 Å². The summed E-state index contributed by atoms with van der Waals surface area (Å²) in [4.78, 5) is 1.05. The van der Waals surface area contributed by atoms with Gasteiger partial charge in [-0.05, 0) is 55.7 Å². The van der Waals surface area contributed by atoms with E-state index in [1.807, 2.05) is 0 Å². The molecule has 0 aliphatic rings. The summed E-state index contributed by atoms with van der Waals surface area (Å²) in [5, 5.41) is 0. The highest BCUT2D eigenvalue weighted by atomic mass is 32.2. The molecule has 0 aliphatic carbocycles. The molecule has 0 radical (unpaired) electrons. The van der Waals surface area contributed by atoms with E-state index in [9.17, 15) is 4.39 Å². The van der Waals surface area contributed by atoms with Gasteiger partial charge in [0.2, 0.25) is 0 Å². The van der Waals surface area contributed by atoms with Crippen molar-refractivity contribution in [3.8, 4) is 0 Å². The van der Waals surface area contributed by atoms with Gasteiger partial charge < -0.3 is 0 Å². The molecule has 0 bridgehead atoms. The zero-order valence-electron chi connectivity index (χ0n) is 12.4. The van der Waals surface area contributed by atoms with Crippen LogP contribution in [-0.2, 0) is 6.42 Å². The molecular weight excluding hydrogens is 283 g/mol. The minimum Gasteiger partial charge on any atom is -0.271 e. The lowest BCUT2D eigenvalue weighted by Gasteiger charge is -2.17. The van der Waals surface area contributed by atoms with E-state index in [4.69, 9.17) is 5.84 Å². The summed E-state index contributed by atoms with van der Waals surface area (Å²) >= 11 is 1.68. The normalized spacial score (nSPS) is 12.4. The van der Waals surface area contributed by atoms with Crippen molar-refractivity contribution >= 4 is 11.8 Å². The largest absolute Gasteiger partial charge is 0.271 e. The third kappa shape index (κ3) is 4.84. The summed E-state index contributed by atoms with van der Waals surface area (Å²) in [5.41, 5.74) is 6.75. The molecule has 0 saturated carbocycles. The highest BCUT2D eigenvalue weighted by Crippen LogP contribution is 2.21. The molecule has 0 fully saturated rings. The van der Waals surface area contributed by atoms with Gasteiger partial charge in [-0.3, -0.25) is 11.3 Å². The van der Waals surface area contributed by atoms with Crippen LogP contribution in [0.5, 0.6) is 0 Å². The smallest absolute Gasteiger partial charge is 0.123 e. The van der Waals surface area contributed by atoms with Crippen molar-refractivity contribution in [1.82, 2.24) is 5.43 Å². The number of nitrogens with two attached hydrogens (primary N) is 1. The molecule has 0 aromatic heterocycles. The molecule has 0 saturated heterocycles. The number of hydrogen-bond donors (Lipinski definition) is 2. The van der Waals surface area contributed by atoms with Crippen molar-refractivity contribution < 1.29 is 4.39 Å². The minimum absolute atomic E-state index is 0.181. The topological polar surface area (TPSA) is 38.0 Å². The Bertz CT molecular complexity index is 584. The SMILES string of the molecule is Cc1ccc(C)c(CC(CSc2ccc(F)cc2)NN)c1. The lowest BCUT2D eigenvalue weighted by Crippen LogP contribution is -2.38. The number of aryl methyl sites for hydroxylation is 2. The summed E-state index contributed by atoms with van der Waals surface area (Å²) < 4.78 is 12.9. The second-order valence-electron chi connectivity index (χ2n) is 5.26. The standard InChI is InChI=1S/C17H21FN2S/c1-12-3-4-13(2)14(9-12)10-16(20-19)11-21-17-7-5-15(18)6-8-17/h3-9,16,20H,10-11,19H2,1-2H3. The number of hydrogen-bond acceptors (Lipinski definition) is 3. The summed E-state index contributed by atoms with van der Waals surface area (Å²) in [7, 11) is 0. The fraction of sp³-hybridized carbons (Fsp3) is 0.294. The van der Waals surface area contributed by atoms with Gasteiger partial charge in [0.25, 0.3) is 0 Å². The molecule has 2 rings (SSSR count). The molecule has 2 aromatic rings. The van der Waals surface area contributed by atoms with E-state index in [0.29, 0.717) is 0 Å². The number of rotatable bonds is 6. The molecule has 0 heterocycles. The van der Waals surface area contributed by atoms with Crippen LogP contribution in [0, 0.1) is 19.7 Å². The molecule has 0 spiro atoms. The summed E-state index contributed by atoms with van der Waals surface area (Å²) in [6.07, 6.45) is 0.887. The van der Waals surface area contributed by atoms with Gasteiger partial charge in [0.15, 0.2) is 0 Å². The molecular formula is C17H21FN2S. The van der Waals surface area contributed by atoms with Crippen LogP contribution >= 0.6 is 11.8 Å². The molecule has 0 amide bonds. The first kappa shape index (κ1) is 16.0. The molecule has 2 nitrogen and oxygen atoms in total. The van der Waals surface area contributed by atoms with E-state index in [0.717, 1.165) is 17.1 Å². The van der Waals surface area contributed by atoms with Crippen LogP contribution in [0.3, 0.4) is 0 Å². The van der Waals surface area contributed by atoms with Crippen molar-refractivity contribution in [3.63, 3.8) is 0 Å². The van der Waals surface area contributed by atoms with Crippen LogP contribution in [0.15, 0.2) is 47.4 Å². The van der Waals surface area contributed by atoms with Gasteiger partial charge in [-0.2, -0.15) is 0 Å². The molecule has 4 heteroatoms. The Morgan fingerprint density at radius 1 is 1.14 bits per heavy atom. The van der Waals surface area contributed by atoms with E-state index >= 15 is 0 Å². The summed E-state index contributed by atoms with van der Waals surface area (Å²) in [5.74, 6) is 6.31. The molecule has 1 unspecified atom stereocenters. The molecule has 21 heavy (non-hydrogen) atoms. The Hall–Kier alpha value is -1.36. The first-order chi connectivity index (χ1) is 10.1. The lowest BCUT2D eigenvalue weighted by atomic mass is 10.00. The Morgan fingerprint density at radius 3 is 2.52 bits per heavy atom. The Labute approximate surface area is 129 Å². The molecule has 112 valence electrons. The van der Waals surface area contributed by atoms with Crippen LogP contribution in [0.4, 0.5) is 4.39 Å². The van der Waals surface area contributed by atoms with E-state index < -0.39 is 0 Å². The van der Waals surface area contributed by atoms with Crippen LogP contribution in [0.2, 0.25) is 0 Å². The van der Waals surface area contributed by atoms with Crippen molar-refractivity contribution in [1.29, 1.82) is 0 Å². The van der Waals surface area contributed by atoms with Crippen molar-refractivity contribution in [2.24, 2.45) is 5.84 Å². The summed E-state index contributed by atoms with van der Waals surface area (Å²) in [6, 6.07) is 13.2. The average molecular weight is 304 g/mol. The number of benzene rings is 2.